The second kappa shape index (κ2) is 5.03. The molecule has 1 rings (SSSR count). The van der Waals surface area contributed by atoms with Crippen LogP contribution in [0.4, 0.5) is 0 Å². The Morgan fingerprint density at radius 3 is 2.27 bits per heavy atom. The Bertz CT molecular complexity index is 335. The van der Waals surface area contributed by atoms with Crippen molar-refractivity contribution in [1.29, 1.82) is 0 Å². The number of hydrogen-bond donors (Lipinski definition) is 0. The summed E-state index contributed by atoms with van der Waals surface area (Å²) in [7, 11) is 7.45. The third-order valence-electron chi connectivity index (χ3n) is 2.35. The van der Waals surface area contributed by atoms with E-state index in [-0.39, 0.29) is 0 Å². The molecule has 0 aliphatic rings. The van der Waals surface area contributed by atoms with Crippen LogP contribution in [0.5, 0.6) is 11.5 Å². The van der Waals surface area contributed by atoms with Gasteiger partial charge in [-0.15, -0.1) is 0 Å². The van der Waals surface area contributed by atoms with Crippen molar-refractivity contribution in [2.24, 2.45) is 0 Å². The first-order chi connectivity index (χ1) is 7.10. The molecule has 0 N–H and O–H groups in total. The van der Waals surface area contributed by atoms with Gasteiger partial charge in [0.1, 0.15) is 11.5 Å². The van der Waals surface area contributed by atoms with Gasteiger partial charge in [-0.3, -0.25) is 0 Å². The maximum atomic E-state index is 5.41. The van der Waals surface area contributed by atoms with Crippen LogP contribution in [0.3, 0.4) is 0 Å². The van der Waals surface area contributed by atoms with Crippen molar-refractivity contribution >= 4 is 0 Å². The Morgan fingerprint density at radius 2 is 1.80 bits per heavy atom. The molecule has 1 aromatic carbocycles. The highest BCUT2D eigenvalue weighted by Gasteiger charge is 2.11. The molecule has 0 radical (unpaired) electrons. The first-order valence-electron chi connectivity index (χ1n) is 4.95. The van der Waals surface area contributed by atoms with Gasteiger partial charge in [0, 0.05) is 17.7 Å². The molecule has 0 aliphatic carbocycles. The Hall–Kier alpha value is -1.22. The summed E-state index contributed by atoms with van der Waals surface area (Å²) in [5, 5.41) is 0. The predicted octanol–water partition coefficient (Wildman–Crippen LogP) is 2.07. The minimum Gasteiger partial charge on any atom is -0.496 e. The van der Waals surface area contributed by atoms with Gasteiger partial charge in [-0.2, -0.15) is 0 Å². The zero-order chi connectivity index (χ0) is 11.4. The molecule has 0 atom stereocenters. The second-order valence-electron chi connectivity index (χ2n) is 3.82. The van der Waals surface area contributed by atoms with E-state index in [1.54, 1.807) is 14.2 Å². The van der Waals surface area contributed by atoms with Crippen LogP contribution in [-0.2, 0) is 6.54 Å². The van der Waals surface area contributed by atoms with E-state index in [1.807, 2.05) is 33.2 Å². The molecule has 15 heavy (non-hydrogen) atoms. The van der Waals surface area contributed by atoms with Crippen molar-refractivity contribution < 1.29 is 9.47 Å². The van der Waals surface area contributed by atoms with Crippen molar-refractivity contribution in [2.45, 2.75) is 13.5 Å². The molecular formula is C12H19NO2. The summed E-state index contributed by atoms with van der Waals surface area (Å²) in [6.07, 6.45) is 0. The number of benzene rings is 1. The van der Waals surface area contributed by atoms with Crippen LogP contribution in [0.2, 0.25) is 0 Å². The van der Waals surface area contributed by atoms with Gasteiger partial charge in [-0.25, -0.2) is 0 Å². The molecule has 0 unspecified atom stereocenters. The van der Waals surface area contributed by atoms with E-state index in [4.69, 9.17) is 9.47 Å². The van der Waals surface area contributed by atoms with Crippen LogP contribution in [0.25, 0.3) is 0 Å². The quantitative estimate of drug-likeness (QED) is 0.757. The Kier molecular flexibility index (Phi) is 3.97. The lowest BCUT2D eigenvalue weighted by Gasteiger charge is -2.17. The summed E-state index contributed by atoms with van der Waals surface area (Å²) in [5.41, 5.74) is 2.24. The SMILES string of the molecule is COc1ccc(CN(C)C)c(OC)c1C. The average Bonchev–Trinajstić information content (AvgIpc) is 2.18. The molecular weight excluding hydrogens is 190 g/mol. The number of ether oxygens (including phenoxy) is 2. The number of hydrogen-bond acceptors (Lipinski definition) is 3. The van der Waals surface area contributed by atoms with E-state index in [0.29, 0.717) is 0 Å². The fourth-order valence-electron chi connectivity index (χ4n) is 1.70. The maximum Gasteiger partial charge on any atom is 0.129 e. The van der Waals surface area contributed by atoms with Crippen LogP contribution in [-0.4, -0.2) is 33.2 Å². The van der Waals surface area contributed by atoms with Crippen molar-refractivity contribution in [3.05, 3.63) is 23.3 Å². The lowest BCUT2D eigenvalue weighted by molar-refractivity contribution is 0.362. The fraction of sp³-hybridized carbons (Fsp3) is 0.500. The summed E-state index contributed by atoms with van der Waals surface area (Å²) >= 11 is 0. The number of methoxy groups -OCH3 is 2. The second-order valence-corrected chi connectivity index (χ2v) is 3.82. The third kappa shape index (κ3) is 2.63. The Morgan fingerprint density at radius 1 is 1.13 bits per heavy atom. The molecule has 1 aromatic rings. The highest BCUT2D eigenvalue weighted by Crippen LogP contribution is 2.31. The van der Waals surface area contributed by atoms with Gasteiger partial charge < -0.3 is 14.4 Å². The van der Waals surface area contributed by atoms with Crippen LogP contribution in [0.1, 0.15) is 11.1 Å². The highest BCUT2D eigenvalue weighted by molar-refractivity contribution is 5.49. The fourth-order valence-corrected chi connectivity index (χ4v) is 1.70. The zero-order valence-electron chi connectivity index (χ0n) is 10.1. The Balaban J connectivity index is 3.12. The monoisotopic (exact) mass is 209 g/mol. The first kappa shape index (κ1) is 11.9. The van der Waals surface area contributed by atoms with Crippen LogP contribution in [0.15, 0.2) is 12.1 Å². The van der Waals surface area contributed by atoms with Gasteiger partial charge >= 0.3 is 0 Å². The summed E-state index contributed by atoms with van der Waals surface area (Å²) < 4.78 is 10.7. The molecule has 0 saturated carbocycles. The summed E-state index contributed by atoms with van der Waals surface area (Å²) in [6, 6.07) is 4.03. The number of nitrogens with zero attached hydrogens (tertiary/aromatic N) is 1. The lowest BCUT2D eigenvalue weighted by Crippen LogP contribution is -2.12. The third-order valence-corrected chi connectivity index (χ3v) is 2.35. The summed E-state index contributed by atoms with van der Waals surface area (Å²) in [6.45, 7) is 2.88. The molecule has 0 heterocycles. The molecule has 0 bridgehead atoms. The van der Waals surface area contributed by atoms with Gasteiger partial charge in [0.25, 0.3) is 0 Å². The molecule has 84 valence electrons. The van der Waals surface area contributed by atoms with Crippen LogP contribution < -0.4 is 9.47 Å². The molecule has 0 aromatic heterocycles. The molecule has 0 spiro atoms. The topological polar surface area (TPSA) is 21.7 Å². The van der Waals surface area contributed by atoms with Crippen LogP contribution >= 0.6 is 0 Å². The predicted molar refractivity (Wildman–Crippen MR) is 61.7 cm³/mol. The van der Waals surface area contributed by atoms with Crippen molar-refractivity contribution in [1.82, 2.24) is 4.90 Å². The number of rotatable bonds is 4. The summed E-state index contributed by atoms with van der Waals surface area (Å²) in [5.74, 6) is 1.79. The smallest absolute Gasteiger partial charge is 0.129 e. The first-order valence-corrected chi connectivity index (χ1v) is 4.95. The molecule has 0 saturated heterocycles. The van der Waals surface area contributed by atoms with Crippen molar-refractivity contribution in [3.63, 3.8) is 0 Å². The van der Waals surface area contributed by atoms with Gasteiger partial charge in [0.05, 0.1) is 14.2 Å². The van der Waals surface area contributed by atoms with E-state index in [0.717, 1.165) is 23.6 Å². The van der Waals surface area contributed by atoms with Gasteiger partial charge in [-0.05, 0) is 27.1 Å². The summed E-state index contributed by atoms with van der Waals surface area (Å²) in [4.78, 5) is 2.11. The average molecular weight is 209 g/mol. The minimum atomic E-state index is 0.869. The van der Waals surface area contributed by atoms with E-state index in [2.05, 4.69) is 4.90 Å². The standard InChI is InChI=1S/C12H19NO2/c1-9-11(14-4)7-6-10(8-13(2)3)12(9)15-5/h6-7H,8H2,1-5H3. The molecule has 0 fully saturated rings. The molecule has 0 amide bonds. The van der Waals surface area contributed by atoms with E-state index in [1.165, 1.54) is 5.56 Å². The minimum absolute atomic E-state index is 0.869. The Labute approximate surface area is 91.6 Å². The van der Waals surface area contributed by atoms with E-state index in [9.17, 15) is 0 Å². The zero-order valence-corrected chi connectivity index (χ0v) is 10.1. The normalized spacial score (nSPS) is 10.5. The van der Waals surface area contributed by atoms with Crippen LogP contribution in [0, 0.1) is 6.92 Å². The van der Waals surface area contributed by atoms with Crippen molar-refractivity contribution in [2.75, 3.05) is 28.3 Å². The maximum absolute atomic E-state index is 5.41. The largest absolute Gasteiger partial charge is 0.496 e. The van der Waals surface area contributed by atoms with E-state index < -0.39 is 0 Å². The van der Waals surface area contributed by atoms with Gasteiger partial charge in [0.15, 0.2) is 0 Å². The molecule has 3 heteroatoms. The highest BCUT2D eigenvalue weighted by atomic mass is 16.5. The van der Waals surface area contributed by atoms with Crippen molar-refractivity contribution in [3.8, 4) is 11.5 Å². The van der Waals surface area contributed by atoms with Gasteiger partial charge in [0.2, 0.25) is 0 Å². The lowest BCUT2D eigenvalue weighted by atomic mass is 10.1. The van der Waals surface area contributed by atoms with Gasteiger partial charge in [-0.1, -0.05) is 6.07 Å². The molecule has 0 aliphatic heterocycles. The van der Waals surface area contributed by atoms with E-state index >= 15 is 0 Å². The molecule has 3 nitrogen and oxygen atoms in total.